The Balaban J connectivity index is 1.38. The summed E-state index contributed by atoms with van der Waals surface area (Å²) in [5.74, 6) is 1.24. The number of fused-ring (bicyclic) bond motifs is 1. The van der Waals surface area contributed by atoms with Gasteiger partial charge in [-0.1, -0.05) is 64.1 Å². The molecule has 3 heteroatoms. The van der Waals surface area contributed by atoms with Crippen LogP contribution in [0.4, 0.5) is 4.39 Å². The Hall–Kier alpha value is -1.71. The number of likely N-dealkylation sites (tertiary alicyclic amines) is 1. The van der Waals surface area contributed by atoms with Crippen molar-refractivity contribution >= 4 is 0 Å². The molecule has 0 aromatic heterocycles. The van der Waals surface area contributed by atoms with Gasteiger partial charge in [-0.05, 0) is 64.8 Å². The summed E-state index contributed by atoms with van der Waals surface area (Å²) < 4.78 is 13.5. The second-order valence-electron chi connectivity index (χ2n) is 10.5. The van der Waals surface area contributed by atoms with Gasteiger partial charge in [0.1, 0.15) is 5.82 Å². The molecule has 29 heavy (non-hydrogen) atoms. The van der Waals surface area contributed by atoms with Crippen LogP contribution >= 0.6 is 0 Å². The summed E-state index contributed by atoms with van der Waals surface area (Å²) in [5, 5.41) is 11.4. The van der Waals surface area contributed by atoms with Gasteiger partial charge in [0.2, 0.25) is 0 Å². The van der Waals surface area contributed by atoms with E-state index in [4.69, 9.17) is 0 Å². The first-order chi connectivity index (χ1) is 13.6. The standard InChI is InChI=1S/C26H34FNO/c1-18(19-6-5-7-24(27)12-19)15-28-16-20-13-26(29,14-21(20)17-28)23-10-8-22(9-11-23)25(2,3)4/h5-12,18,20-21,29H,13-17H2,1-4H3/t18?,20-,21+,26?. The van der Waals surface area contributed by atoms with E-state index in [1.54, 1.807) is 12.1 Å². The maximum absolute atomic E-state index is 13.5. The minimum absolute atomic E-state index is 0.131. The highest BCUT2D eigenvalue weighted by Crippen LogP contribution is 2.49. The van der Waals surface area contributed by atoms with Crippen molar-refractivity contribution in [2.45, 2.75) is 57.5 Å². The van der Waals surface area contributed by atoms with Crippen molar-refractivity contribution in [3.05, 3.63) is 71.0 Å². The number of nitrogens with zero attached hydrogens (tertiary/aromatic N) is 1. The van der Waals surface area contributed by atoms with Crippen LogP contribution in [0.1, 0.15) is 63.1 Å². The first kappa shape index (κ1) is 20.6. The summed E-state index contributed by atoms with van der Waals surface area (Å²) >= 11 is 0. The van der Waals surface area contributed by atoms with Crippen LogP contribution in [0.25, 0.3) is 0 Å². The fraction of sp³-hybridized carbons (Fsp3) is 0.538. The summed E-state index contributed by atoms with van der Waals surface area (Å²) in [6.45, 7) is 11.9. The molecule has 2 nitrogen and oxygen atoms in total. The number of halogens is 1. The van der Waals surface area contributed by atoms with Gasteiger partial charge < -0.3 is 10.0 Å². The first-order valence-electron chi connectivity index (χ1n) is 11.0. The molecule has 1 aliphatic heterocycles. The fourth-order valence-corrected chi connectivity index (χ4v) is 5.42. The molecule has 0 bridgehead atoms. The molecule has 156 valence electrons. The van der Waals surface area contributed by atoms with Crippen molar-refractivity contribution < 1.29 is 9.50 Å². The van der Waals surface area contributed by atoms with Crippen LogP contribution in [0, 0.1) is 17.7 Å². The smallest absolute Gasteiger partial charge is 0.123 e. The highest BCUT2D eigenvalue weighted by molar-refractivity contribution is 5.32. The molecule has 0 amide bonds. The summed E-state index contributed by atoms with van der Waals surface area (Å²) in [7, 11) is 0. The molecule has 2 unspecified atom stereocenters. The molecule has 4 atom stereocenters. The number of aliphatic hydroxyl groups is 1. The van der Waals surface area contributed by atoms with Gasteiger partial charge in [-0.15, -0.1) is 0 Å². The lowest BCUT2D eigenvalue weighted by Crippen LogP contribution is -2.30. The van der Waals surface area contributed by atoms with Gasteiger partial charge in [-0.3, -0.25) is 0 Å². The van der Waals surface area contributed by atoms with E-state index < -0.39 is 5.60 Å². The molecule has 1 aliphatic carbocycles. The topological polar surface area (TPSA) is 23.5 Å². The average Bonchev–Trinajstić information content (AvgIpc) is 3.16. The zero-order valence-corrected chi connectivity index (χ0v) is 18.2. The Morgan fingerprint density at radius 2 is 1.69 bits per heavy atom. The van der Waals surface area contributed by atoms with Crippen LogP contribution in [0.5, 0.6) is 0 Å². The number of hydrogen-bond donors (Lipinski definition) is 1. The molecule has 1 saturated heterocycles. The van der Waals surface area contributed by atoms with Crippen LogP contribution < -0.4 is 0 Å². The highest BCUT2D eigenvalue weighted by Gasteiger charge is 2.49. The molecule has 1 saturated carbocycles. The summed E-state index contributed by atoms with van der Waals surface area (Å²) in [6, 6.07) is 15.6. The number of hydrogen-bond acceptors (Lipinski definition) is 2. The minimum atomic E-state index is -0.688. The van der Waals surface area contributed by atoms with Gasteiger partial charge in [0.25, 0.3) is 0 Å². The van der Waals surface area contributed by atoms with Gasteiger partial charge in [-0.2, -0.15) is 0 Å². The van der Waals surface area contributed by atoms with Crippen molar-refractivity contribution in [1.82, 2.24) is 4.90 Å². The summed E-state index contributed by atoms with van der Waals surface area (Å²) in [5.41, 5.74) is 2.88. The predicted molar refractivity (Wildman–Crippen MR) is 117 cm³/mol. The van der Waals surface area contributed by atoms with Crippen molar-refractivity contribution in [3.8, 4) is 0 Å². The van der Waals surface area contributed by atoms with E-state index >= 15 is 0 Å². The third-order valence-electron chi connectivity index (χ3n) is 7.09. The Kier molecular flexibility index (Phi) is 5.33. The van der Waals surface area contributed by atoms with E-state index in [9.17, 15) is 9.50 Å². The van der Waals surface area contributed by atoms with E-state index in [0.717, 1.165) is 43.6 Å². The van der Waals surface area contributed by atoms with Crippen LogP contribution in [0.2, 0.25) is 0 Å². The molecule has 2 fully saturated rings. The molecule has 1 heterocycles. The van der Waals surface area contributed by atoms with Crippen molar-refractivity contribution in [3.63, 3.8) is 0 Å². The largest absolute Gasteiger partial charge is 0.385 e. The normalized spacial score (nSPS) is 28.5. The van der Waals surface area contributed by atoms with Crippen molar-refractivity contribution in [2.75, 3.05) is 19.6 Å². The first-order valence-corrected chi connectivity index (χ1v) is 11.0. The van der Waals surface area contributed by atoms with Gasteiger partial charge in [0, 0.05) is 19.6 Å². The molecule has 2 aliphatic rings. The quantitative estimate of drug-likeness (QED) is 0.743. The maximum Gasteiger partial charge on any atom is 0.123 e. The van der Waals surface area contributed by atoms with E-state index in [2.05, 4.69) is 56.9 Å². The third kappa shape index (κ3) is 4.27. The van der Waals surface area contributed by atoms with E-state index in [0.29, 0.717) is 17.8 Å². The zero-order valence-electron chi connectivity index (χ0n) is 18.2. The van der Waals surface area contributed by atoms with Gasteiger partial charge in [-0.25, -0.2) is 4.39 Å². The lowest BCUT2D eigenvalue weighted by atomic mass is 9.84. The Morgan fingerprint density at radius 3 is 2.24 bits per heavy atom. The second-order valence-corrected chi connectivity index (χ2v) is 10.5. The van der Waals surface area contributed by atoms with Crippen LogP contribution in [-0.4, -0.2) is 29.6 Å². The highest BCUT2D eigenvalue weighted by atomic mass is 19.1. The summed E-state index contributed by atoms with van der Waals surface area (Å²) in [6.07, 6.45) is 1.69. The van der Waals surface area contributed by atoms with Gasteiger partial charge in [0.05, 0.1) is 5.60 Å². The molecule has 0 spiro atoms. The van der Waals surface area contributed by atoms with Crippen LogP contribution in [0.3, 0.4) is 0 Å². The van der Waals surface area contributed by atoms with Gasteiger partial charge in [0.15, 0.2) is 0 Å². The molecular weight excluding hydrogens is 361 g/mol. The fourth-order valence-electron chi connectivity index (χ4n) is 5.42. The molecule has 1 N–H and O–H groups in total. The minimum Gasteiger partial charge on any atom is -0.385 e. The Labute approximate surface area is 174 Å². The monoisotopic (exact) mass is 395 g/mol. The SMILES string of the molecule is CC(CN1C[C@@H]2CC(O)(c3ccc(C(C)(C)C)cc3)C[C@@H]2C1)c1cccc(F)c1. The van der Waals surface area contributed by atoms with E-state index in [-0.39, 0.29) is 11.2 Å². The Morgan fingerprint density at radius 1 is 1.07 bits per heavy atom. The predicted octanol–water partition coefficient (Wildman–Crippen LogP) is 5.46. The lowest BCUT2D eigenvalue weighted by molar-refractivity contribution is 0.0312. The number of benzene rings is 2. The van der Waals surface area contributed by atoms with Crippen molar-refractivity contribution in [1.29, 1.82) is 0 Å². The van der Waals surface area contributed by atoms with E-state index in [1.165, 1.54) is 11.6 Å². The van der Waals surface area contributed by atoms with Crippen LogP contribution in [-0.2, 0) is 11.0 Å². The average molecular weight is 396 g/mol. The second kappa shape index (κ2) is 7.52. The lowest BCUT2D eigenvalue weighted by Gasteiger charge is -2.28. The third-order valence-corrected chi connectivity index (χ3v) is 7.09. The van der Waals surface area contributed by atoms with Gasteiger partial charge >= 0.3 is 0 Å². The molecule has 2 aromatic carbocycles. The van der Waals surface area contributed by atoms with Crippen LogP contribution in [0.15, 0.2) is 48.5 Å². The van der Waals surface area contributed by atoms with E-state index in [1.807, 2.05) is 6.07 Å². The molecule has 0 radical (unpaired) electrons. The Bertz CT molecular complexity index is 840. The molecule has 2 aromatic rings. The number of rotatable bonds is 4. The summed E-state index contributed by atoms with van der Waals surface area (Å²) in [4.78, 5) is 2.51. The van der Waals surface area contributed by atoms with Crippen molar-refractivity contribution in [2.24, 2.45) is 11.8 Å². The zero-order chi connectivity index (χ0) is 20.8. The maximum atomic E-state index is 13.5. The molecular formula is C26H34FNO. The molecule has 4 rings (SSSR count).